The largest absolute Gasteiger partial charge is 0.383 e. The summed E-state index contributed by atoms with van der Waals surface area (Å²) in [5, 5.41) is 5.86. The summed E-state index contributed by atoms with van der Waals surface area (Å²) in [6, 6.07) is 1.98. The molecule has 3 rings (SSSR count). The second-order valence-electron chi connectivity index (χ2n) is 6.15. The molecule has 7 nitrogen and oxygen atoms in total. The molecule has 1 aliphatic rings. The lowest BCUT2D eigenvalue weighted by Crippen LogP contribution is -2.54. The van der Waals surface area contributed by atoms with E-state index in [-0.39, 0.29) is 11.4 Å². The van der Waals surface area contributed by atoms with Crippen LogP contribution in [-0.2, 0) is 0 Å². The average molecular weight is 427 g/mol. The molecule has 1 fully saturated rings. The highest BCUT2D eigenvalue weighted by atomic mass is 79.9. The number of hydrogen-bond donors (Lipinski definition) is 4. The molecule has 0 aliphatic carbocycles. The number of halogens is 3. The third-order valence-corrected chi connectivity index (χ3v) is 5.18. The van der Waals surface area contributed by atoms with Gasteiger partial charge in [-0.2, -0.15) is 0 Å². The first kappa shape index (κ1) is 18.6. The summed E-state index contributed by atoms with van der Waals surface area (Å²) in [6.07, 6.45) is 1.82. The number of nitrogens with one attached hydrogen (secondary N) is 2. The first-order chi connectivity index (χ1) is 12.3. The summed E-state index contributed by atoms with van der Waals surface area (Å²) >= 11 is 3.32. The van der Waals surface area contributed by atoms with Crippen molar-refractivity contribution in [2.45, 2.75) is 18.0 Å². The Hall–Kier alpha value is -2.17. The number of carbonyl (C=O) groups excluding carboxylic acids is 1. The third-order valence-electron chi connectivity index (χ3n) is 4.36. The number of carbonyl (C=O) groups is 1. The van der Waals surface area contributed by atoms with E-state index in [0.29, 0.717) is 35.7 Å². The Morgan fingerprint density at radius 2 is 2.15 bits per heavy atom. The van der Waals surface area contributed by atoms with Crippen LogP contribution >= 0.6 is 15.9 Å². The van der Waals surface area contributed by atoms with Crippen molar-refractivity contribution in [2.75, 3.05) is 18.8 Å². The number of nitrogens with zero attached hydrogens (tertiary/aromatic N) is 2. The Kier molecular flexibility index (Phi) is 5.17. The summed E-state index contributed by atoms with van der Waals surface area (Å²) in [7, 11) is 0. The highest BCUT2D eigenvalue weighted by molar-refractivity contribution is 9.10. The molecule has 0 saturated carbocycles. The predicted molar refractivity (Wildman–Crippen MR) is 95.1 cm³/mol. The van der Waals surface area contributed by atoms with Crippen molar-refractivity contribution in [3.05, 3.63) is 51.9 Å². The van der Waals surface area contributed by atoms with Gasteiger partial charge in [0.1, 0.15) is 23.8 Å². The maximum absolute atomic E-state index is 14.0. The van der Waals surface area contributed by atoms with Gasteiger partial charge in [0.05, 0.1) is 27.3 Å². The lowest BCUT2D eigenvalue weighted by atomic mass is 9.87. The number of aromatic nitrogens is 2. The van der Waals surface area contributed by atoms with E-state index < -0.39 is 29.1 Å². The topological polar surface area (TPSA) is 119 Å². The molecule has 2 aromatic rings. The van der Waals surface area contributed by atoms with Gasteiger partial charge in [-0.25, -0.2) is 18.7 Å². The van der Waals surface area contributed by atoms with E-state index >= 15 is 0 Å². The molecule has 0 spiro atoms. The van der Waals surface area contributed by atoms with E-state index in [4.69, 9.17) is 11.5 Å². The average Bonchev–Trinajstić information content (AvgIpc) is 3.03. The molecule has 0 bridgehead atoms. The highest BCUT2D eigenvalue weighted by Gasteiger charge is 2.42. The molecule has 0 radical (unpaired) electrons. The van der Waals surface area contributed by atoms with Crippen LogP contribution in [0.4, 0.5) is 14.6 Å². The second kappa shape index (κ2) is 7.22. The fourth-order valence-corrected chi connectivity index (χ4v) is 3.38. The van der Waals surface area contributed by atoms with Crippen LogP contribution in [0, 0.1) is 11.6 Å². The molecule has 6 N–H and O–H groups in total. The minimum atomic E-state index is -0.960. The molecule has 2 heterocycles. The van der Waals surface area contributed by atoms with Gasteiger partial charge in [0.25, 0.3) is 5.91 Å². The van der Waals surface area contributed by atoms with Gasteiger partial charge >= 0.3 is 0 Å². The van der Waals surface area contributed by atoms with Gasteiger partial charge in [0.15, 0.2) is 0 Å². The summed E-state index contributed by atoms with van der Waals surface area (Å²) in [5.41, 5.74) is 11.5. The molecule has 2 unspecified atom stereocenters. The number of nitrogens with two attached hydrogens (primary N) is 2. The second-order valence-corrected chi connectivity index (χ2v) is 6.94. The Labute approximate surface area is 156 Å². The van der Waals surface area contributed by atoms with Crippen LogP contribution in [0.2, 0.25) is 0 Å². The van der Waals surface area contributed by atoms with Crippen molar-refractivity contribution in [2.24, 2.45) is 5.73 Å². The van der Waals surface area contributed by atoms with Gasteiger partial charge in [-0.3, -0.25) is 4.79 Å². The maximum Gasteiger partial charge on any atom is 0.254 e. The Bertz CT molecular complexity index is 843. The van der Waals surface area contributed by atoms with Gasteiger partial charge in [-0.05, 0) is 41.0 Å². The molecular formula is C16H17BrF2N6O. The monoisotopic (exact) mass is 426 g/mol. The molecular weight excluding hydrogens is 410 g/mol. The number of hydrogen-bond acceptors (Lipinski definition) is 6. The van der Waals surface area contributed by atoms with Crippen molar-refractivity contribution in [3.8, 4) is 0 Å². The number of amides is 1. The van der Waals surface area contributed by atoms with Crippen molar-refractivity contribution in [1.82, 2.24) is 20.6 Å². The van der Waals surface area contributed by atoms with Crippen LogP contribution in [0.1, 0.15) is 28.5 Å². The number of benzene rings is 1. The molecule has 138 valence electrons. The molecule has 1 aromatic heterocycles. The quantitative estimate of drug-likeness (QED) is 0.584. The zero-order valence-electron chi connectivity index (χ0n) is 13.6. The minimum absolute atomic E-state index is 0.191. The Balaban J connectivity index is 1.99. The van der Waals surface area contributed by atoms with Crippen molar-refractivity contribution < 1.29 is 13.6 Å². The molecule has 1 amide bonds. The van der Waals surface area contributed by atoms with E-state index in [1.165, 1.54) is 6.33 Å². The van der Waals surface area contributed by atoms with E-state index in [1.54, 1.807) is 0 Å². The SMILES string of the molecule is Nc1ncnc(C(NC(=O)c2ccc(F)cc2F)C2(N)CCNC2)c1Br. The lowest BCUT2D eigenvalue weighted by molar-refractivity contribution is 0.0910. The first-order valence-electron chi connectivity index (χ1n) is 7.83. The summed E-state index contributed by atoms with van der Waals surface area (Å²) in [4.78, 5) is 20.7. The smallest absolute Gasteiger partial charge is 0.254 e. The molecule has 1 aromatic carbocycles. The number of nitrogen functional groups attached to an aromatic ring is 1. The predicted octanol–water partition coefficient (Wildman–Crippen LogP) is 1.26. The fraction of sp³-hybridized carbons (Fsp3) is 0.312. The molecule has 1 saturated heterocycles. The van der Waals surface area contributed by atoms with Crippen molar-refractivity contribution in [1.29, 1.82) is 0 Å². The standard InChI is InChI=1S/C16H17BrF2N6O/c17-11-12(23-7-24-14(11)20)13(16(21)3-4-22-6-16)25-15(26)9-2-1-8(18)5-10(9)19/h1-2,5,7,13,22H,3-4,6,21H2,(H,25,26)(H2,20,23,24). The molecule has 26 heavy (non-hydrogen) atoms. The van der Waals surface area contributed by atoms with Crippen LogP contribution in [0.5, 0.6) is 0 Å². The van der Waals surface area contributed by atoms with Gasteiger partial charge in [0.2, 0.25) is 0 Å². The van der Waals surface area contributed by atoms with Gasteiger partial charge < -0.3 is 22.1 Å². The summed E-state index contributed by atoms with van der Waals surface area (Å²) in [5.74, 6) is -2.26. The Morgan fingerprint density at radius 1 is 1.38 bits per heavy atom. The first-order valence-corrected chi connectivity index (χ1v) is 8.62. The van der Waals surface area contributed by atoms with Crippen LogP contribution in [0.3, 0.4) is 0 Å². The minimum Gasteiger partial charge on any atom is -0.383 e. The zero-order chi connectivity index (χ0) is 18.9. The zero-order valence-corrected chi connectivity index (χ0v) is 15.2. The van der Waals surface area contributed by atoms with Crippen LogP contribution < -0.4 is 22.1 Å². The lowest BCUT2D eigenvalue weighted by Gasteiger charge is -2.34. The normalized spacial score (nSPS) is 20.8. The van der Waals surface area contributed by atoms with Crippen LogP contribution in [0.15, 0.2) is 29.0 Å². The molecule has 10 heteroatoms. The Morgan fingerprint density at radius 3 is 2.81 bits per heavy atom. The molecule has 2 atom stereocenters. The van der Waals surface area contributed by atoms with E-state index in [0.717, 1.165) is 12.1 Å². The summed E-state index contributed by atoms with van der Waals surface area (Å²) in [6.45, 7) is 1.08. The highest BCUT2D eigenvalue weighted by Crippen LogP contribution is 2.34. The van der Waals surface area contributed by atoms with E-state index in [2.05, 4.69) is 36.5 Å². The maximum atomic E-state index is 14.0. The number of anilines is 1. The van der Waals surface area contributed by atoms with Crippen molar-refractivity contribution in [3.63, 3.8) is 0 Å². The summed E-state index contributed by atoms with van der Waals surface area (Å²) < 4.78 is 27.5. The third kappa shape index (κ3) is 3.53. The number of rotatable bonds is 4. The van der Waals surface area contributed by atoms with Crippen LogP contribution in [-0.4, -0.2) is 34.5 Å². The van der Waals surface area contributed by atoms with Gasteiger partial charge in [-0.1, -0.05) is 0 Å². The van der Waals surface area contributed by atoms with Crippen LogP contribution in [0.25, 0.3) is 0 Å². The van der Waals surface area contributed by atoms with Gasteiger partial charge in [0, 0.05) is 12.6 Å². The van der Waals surface area contributed by atoms with E-state index in [1.807, 2.05) is 0 Å². The molecule has 1 aliphatic heterocycles. The van der Waals surface area contributed by atoms with E-state index in [9.17, 15) is 13.6 Å². The fourth-order valence-electron chi connectivity index (χ4n) is 2.94. The van der Waals surface area contributed by atoms with Gasteiger partial charge in [-0.15, -0.1) is 0 Å². The van der Waals surface area contributed by atoms with Crippen molar-refractivity contribution >= 4 is 27.7 Å².